The number of ether oxygens (including phenoxy) is 2. The molecule has 0 saturated carbocycles. The summed E-state index contributed by atoms with van der Waals surface area (Å²) in [6.45, 7) is 0.954. The summed E-state index contributed by atoms with van der Waals surface area (Å²) in [4.78, 5) is 14.6. The molecular formula is C15H14ClNO4. The third kappa shape index (κ3) is 4.96. The van der Waals surface area contributed by atoms with Gasteiger partial charge in [-0.3, -0.25) is 4.98 Å². The third-order valence-corrected chi connectivity index (χ3v) is 2.81. The zero-order valence-electron chi connectivity index (χ0n) is 11.2. The number of hydrogen-bond acceptors (Lipinski definition) is 4. The number of aromatic nitrogens is 1. The first kappa shape index (κ1) is 15.1. The van der Waals surface area contributed by atoms with Gasteiger partial charge in [0.15, 0.2) is 0 Å². The topological polar surface area (TPSA) is 68.7 Å². The fraction of sp³-hybridized carbons (Fsp3) is 0.200. The van der Waals surface area contributed by atoms with E-state index < -0.39 is 5.97 Å². The summed E-state index contributed by atoms with van der Waals surface area (Å²) in [5.41, 5.74) is 0.235. The molecule has 1 aromatic carbocycles. The highest BCUT2D eigenvalue weighted by Gasteiger charge is 2.02. The molecular weight excluding hydrogens is 294 g/mol. The number of aromatic carboxylic acids is 1. The van der Waals surface area contributed by atoms with E-state index in [1.54, 1.807) is 24.4 Å². The summed E-state index contributed by atoms with van der Waals surface area (Å²) in [7, 11) is 0. The fourth-order valence-electron chi connectivity index (χ4n) is 1.60. The lowest BCUT2D eigenvalue weighted by atomic mass is 10.2. The molecule has 6 heteroatoms. The molecule has 2 aromatic rings. The predicted molar refractivity (Wildman–Crippen MR) is 78.3 cm³/mol. The molecule has 0 bridgehead atoms. The number of hydrogen-bond donors (Lipinski definition) is 1. The monoisotopic (exact) mass is 307 g/mol. The highest BCUT2D eigenvalue weighted by molar-refractivity contribution is 6.30. The van der Waals surface area contributed by atoms with Gasteiger partial charge in [-0.25, -0.2) is 4.79 Å². The van der Waals surface area contributed by atoms with Gasteiger partial charge in [-0.2, -0.15) is 0 Å². The van der Waals surface area contributed by atoms with Crippen LogP contribution < -0.4 is 9.47 Å². The molecule has 5 nitrogen and oxygen atoms in total. The molecule has 0 unspecified atom stereocenters. The minimum absolute atomic E-state index is 0.235. The van der Waals surface area contributed by atoms with Crippen LogP contribution in [0.15, 0.2) is 42.7 Å². The molecule has 1 heterocycles. The number of benzene rings is 1. The molecule has 1 aromatic heterocycles. The SMILES string of the molecule is O=C(O)c1ccc(OCCCOc2cncc(Cl)c2)cc1. The molecule has 0 amide bonds. The molecule has 0 aliphatic carbocycles. The van der Waals surface area contributed by atoms with Crippen LogP contribution in [0.3, 0.4) is 0 Å². The van der Waals surface area contributed by atoms with Gasteiger partial charge in [0, 0.05) is 18.7 Å². The Bertz CT molecular complexity index is 601. The van der Waals surface area contributed by atoms with Gasteiger partial charge in [0.25, 0.3) is 0 Å². The summed E-state index contributed by atoms with van der Waals surface area (Å²) in [6.07, 6.45) is 3.82. The summed E-state index contributed by atoms with van der Waals surface area (Å²) < 4.78 is 11.0. The van der Waals surface area contributed by atoms with Crippen LogP contribution >= 0.6 is 11.6 Å². The Morgan fingerprint density at radius 1 is 1.10 bits per heavy atom. The van der Waals surface area contributed by atoms with Crippen LogP contribution in [-0.2, 0) is 0 Å². The van der Waals surface area contributed by atoms with E-state index in [4.69, 9.17) is 26.2 Å². The average molecular weight is 308 g/mol. The Balaban J connectivity index is 1.69. The minimum Gasteiger partial charge on any atom is -0.493 e. The van der Waals surface area contributed by atoms with Crippen LogP contribution in [-0.4, -0.2) is 29.3 Å². The first-order chi connectivity index (χ1) is 10.1. The second-order valence-electron chi connectivity index (χ2n) is 4.22. The van der Waals surface area contributed by atoms with E-state index in [2.05, 4.69) is 4.98 Å². The zero-order valence-corrected chi connectivity index (χ0v) is 11.9. The minimum atomic E-state index is -0.954. The lowest BCUT2D eigenvalue weighted by Crippen LogP contribution is -2.05. The lowest BCUT2D eigenvalue weighted by molar-refractivity contribution is 0.0697. The average Bonchev–Trinajstić information content (AvgIpc) is 2.47. The van der Waals surface area contributed by atoms with Crippen LogP contribution in [0.5, 0.6) is 11.5 Å². The van der Waals surface area contributed by atoms with Crippen molar-refractivity contribution in [3.8, 4) is 11.5 Å². The highest BCUT2D eigenvalue weighted by atomic mass is 35.5. The normalized spacial score (nSPS) is 10.1. The van der Waals surface area contributed by atoms with Crippen LogP contribution in [0.4, 0.5) is 0 Å². The number of halogens is 1. The molecule has 0 radical (unpaired) electrons. The maximum Gasteiger partial charge on any atom is 0.335 e. The predicted octanol–water partition coefficient (Wildman–Crippen LogP) is 3.28. The first-order valence-corrected chi connectivity index (χ1v) is 6.72. The number of carbonyl (C=O) groups is 1. The summed E-state index contributed by atoms with van der Waals surface area (Å²) in [5.74, 6) is 0.294. The van der Waals surface area contributed by atoms with Crippen molar-refractivity contribution >= 4 is 17.6 Å². The maximum absolute atomic E-state index is 10.7. The quantitative estimate of drug-likeness (QED) is 0.795. The Morgan fingerprint density at radius 2 is 1.76 bits per heavy atom. The van der Waals surface area contributed by atoms with Crippen molar-refractivity contribution in [3.63, 3.8) is 0 Å². The molecule has 0 aliphatic heterocycles. The molecule has 0 atom stereocenters. The van der Waals surface area contributed by atoms with Gasteiger partial charge < -0.3 is 14.6 Å². The van der Waals surface area contributed by atoms with E-state index in [9.17, 15) is 4.79 Å². The largest absolute Gasteiger partial charge is 0.493 e. The van der Waals surface area contributed by atoms with E-state index in [-0.39, 0.29) is 5.56 Å². The molecule has 21 heavy (non-hydrogen) atoms. The fourth-order valence-corrected chi connectivity index (χ4v) is 1.77. The molecule has 2 rings (SSSR count). The second-order valence-corrected chi connectivity index (χ2v) is 4.66. The summed E-state index contributed by atoms with van der Waals surface area (Å²) in [5, 5.41) is 9.31. The summed E-state index contributed by atoms with van der Waals surface area (Å²) in [6, 6.07) is 7.97. The number of carboxylic acid groups (broad SMARTS) is 1. The van der Waals surface area contributed by atoms with Gasteiger partial charge in [0.05, 0.1) is 30.0 Å². The number of carboxylic acids is 1. The molecule has 1 N–H and O–H groups in total. The second kappa shape index (κ2) is 7.50. The molecule has 0 saturated heterocycles. The van der Waals surface area contributed by atoms with Crippen molar-refractivity contribution < 1.29 is 19.4 Å². The smallest absolute Gasteiger partial charge is 0.335 e. The number of rotatable bonds is 7. The van der Waals surface area contributed by atoms with Crippen LogP contribution in [0.25, 0.3) is 0 Å². The van der Waals surface area contributed by atoms with Gasteiger partial charge in [-0.1, -0.05) is 11.6 Å². The van der Waals surface area contributed by atoms with E-state index in [1.807, 2.05) is 0 Å². The Morgan fingerprint density at radius 3 is 2.38 bits per heavy atom. The molecule has 0 aliphatic rings. The zero-order chi connectivity index (χ0) is 15.1. The Kier molecular flexibility index (Phi) is 5.40. The van der Waals surface area contributed by atoms with Crippen LogP contribution in [0.2, 0.25) is 5.02 Å². The van der Waals surface area contributed by atoms with Crippen LogP contribution in [0, 0.1) is 0 Å². The van der Waals surface area contributed by atoms with E-state index in [0.29, 0.717) is 36.2 Å². The van der Waals surface area contributed by atoms with Crippen molar-refractivity contribution in [1.29, 1.82) is 0 Å². The number of pyridine rings is 1. The van der Waals surface area contributed by atoms with E-state index in [1.165, 1.54) is 18.3 Å². The van der Waals surface area contributed by atoms with Gasteiger partial charge in [-0.15, -0.1) is 0 Å². The third-order valence-electron chi connectivity index (χ3n) is 2.61. The van der Waals surface area contributed by atoms with Crippen molar-refractivity contribution in [1.82, 2.24) is 4.98 Å². The van der Waals surface area contributed by atoms with Gasteiger partial charge in [0.2, 0.25) is 0 Å². The maximum atomic E-state index is 10.7. The lowest BCUT2D eigenvalue weighted by Gasteiger charge is -2.08. The van der Waals surface area contributed by atoms with Crippen LogP contribution in [0.1, 0.15) is 16.8 Å². The van der Waals surface area contributed by atoms with Gasteiger partial charge in [-0.05, 0) is 24.3 Å². The Labute approximate surface area is 127 Å². The van der Waals surface area contributed by atoms with Gasteiger partial charge in [0.1, 0.15) is 11.5 Å². The highest BCUT2D eigenvalue weighted by Crippen LogP contribution is 2.15. The van der Waals surface area contributed by atoms with Crippen molar-refractivity contribution in [3.05, 3.63) is 53.3 Å². The Hall–Kier alpha value is -2.27. The van der Waals surface area contributed by atoms with Crippen molar-refractivity contribution in [2.24, 2.45) is 0 Å². The molecule has 110 valence electrons. The van der Waals surface area contributed by atoms with Crippen molar-refractivity contribution in [2.75, 3.05) is 13.2 Å². The first-order valence-electron chi connectivity index (χ1n) is 6.34. The summed E-state index contributed by atoms with van der Waals surface area (Å²) >= 11 is 5.79. The van der Waals surface area contributed by atoms with E-state index in [0.717, 1.165) is 0 Å². The van der Waals surface area contributed by atoms with Gasteiger partial charge >= 0.3 is 5.97 Å². The molecule has 0 spiro atoms. The molecule has 0 fully saturated rings. The van der Waals surface area contributed by atoms with Crippen molar-refractivity contribution in [2.45, 2.75) is 6.42 Å². The number of nitrogens with zero attached hydrogens (tertiary/aromatic N) is 1. The standard InChI is InChI=1S/C15H14ClNO4/c16-12-8-14(10-17-9-12)21-7-1-6-20-13-4-2-11(3-5-13)15(18)19/h2-5,8-10H,1,6-7H2,(H,18,19). The van der Waals surface area contributed by atoms with E-state index >= 15 is 0 Å².